The monoisotopic (exact) mass is 247 g/mol. The first-order chi connectivity index (χ1) is 8.61. The van der Waals surface area contributed by atoms with Gasteiger partial charge < -0.3 is 5.32 Å². The number of halogens is 2. The van der Waals surface area contributed by atoms with Crippen LogP contribution in [0.5, 0.6) is 0 Å². The molecule has 18 heavy (non-hydrogen) atoms. The van der Waals surface area contributed by atoms with Crippen LogP contribution in [-0.2, 0) is 0 Å². The summed E-state index contributed by atoms with van der Waals surface area (Å²) in [5, 5.41) is 3.13. The van der Waals surface area contributed by atoms with E-state index in [0.29, 0.717) is 5.56 Å². The molecule has 1 atom stereocenters. The van der Waals surface area contributed by atoms with Gasteiger partial charge in [0.25, 0.3) is 0 Å². The van der Waals surface area contributed by atoms with Crippen molar-refractivity contribution in [2.75, 3.05) is 7.05 Å². The van der Waals surface area contributed by atoms with Crippen molar-refractivity contribution in [2.24, 2.45) is 0 Å². The predicted molar refractivity (Wildman–Crippen MR) is 69.3 cm³/mol. The molecule has 1 N–H and O–H groups in total. The Morgan fingerprint density at radius 2 is 1.83 bits per heavy atom. The number of nitrogens with one attached hydrogen (secondary N) is 1. The fourth-order valence-electron chi connectivity index (χ4n) is 1.87. The lowest BCUT2D eigenvalue weighted by Gasteiger charge is -2.12. The Labute approximate surface area is 105 Å². The van der Waals surface area contributed by atoms with Crippen LogP contribution in [-0.4, -0.2) is 7.05 Å². The minimum Gasteiger partial charge on any atom is -0.313 e. The third-order valence-electron chi connectivity index (χ3n) is 3.06. The Morgan fingerprint density at radius 1 is 1.06 bits per heavy atom. The fraction of sp³-hybridized carbons (Fsp3) is 0.200. The van der Waals surface area contributed by atoms with Crippen molar-refractivity contribution >= 4 is 0 Å². The highest BCUT2D eigenvalue weighted by atomic mass is 19.1. The van der Waals surface area contributed by atoms with E-state index in [0.717, 1.165) is 17.2 Å². The average Bonchev–Trinajstić information content (AvgIpc) is 2.38. The molecule has 0 fully saturated rings. The summed E-state index contributed by atoms with van der Waals surface area (Å²) in [6.07, 6.45) is 0. The first kappa shape index (κ1) is 12.7. The van der Waals surface area contributed by atoms with E-state index in [1.807, 2.05) is 38.2 Å². The van der Waals surface area contributed by atoms with Gasteiger partial charge >= 0.3 is 0 Å². The Bertz CT molecular complexity index is 552. The van der Waals surface area contributed by atoms with E-state index in [4.69, 9.17) is 0 Å². The van der Waals surface area contributed by atoms with Gasteiger partial charge in [-0.05, 0) is 43.3 Å². The van der Waals surface area contributed by atoms with Crippen LogP contribution in [0.15, 0.2) is 42.5 Å². The normalized spacial score (nSPS) is 12.4. The van der Waals surface area contributed by atoms with Gasteiger partial charge in [-0.1, -0.05) is 18.2 Å². The minimum atomic E-state index is -0.559. The van der Waals surface area contributed by atoms with Gasteiger partial charge in [-0.15, -0.1) is 0 Å². The third-order valence-corrected chi connectivity index (χ3v) is 3.06. The molecule has 94 valence electrons. The molecule has 0 amide bonds. The van der Waals surface area contributed by atoms with Crippen LogP contribution in [0.2, 0.25) is 0 Å². The molecule has 0 spiro atoms. The van der Waals surface area contributed by atoms with Gasteiger partial charge in [-0.3, -0.25) is 0 Å². The first-order valence-corrected chi connectivity index (χ1v) is 5.84. The second-order valence-corrected chi connectivity index (χ2v) is 4.26. The maximum absolute atomic E-state index is 13.7. The molecule has 2 rings (SSSR count). The van der Waals surface area contributed by atoms with E-state index in [2.05, 4.69) is 5.32 Å². The van der Waals surface area contributed by atoms with Crippen molar-refractivity contribution in [1.29, 1.82) is 0 Å². The maximum atomic E-state index is 13.7. The van der Waals surface area contributed by atoms with Crippen molar-refractivity contribution in [3.05, 3.63) is 59.7 Å². The molecule has 0 heterocycles. The van der Waals surface area contributed by atoms with E-state index in [1.54, 1.807) is 0 Å². The SMILES string of the molecule is CNC(C)c1cccc(-c2ccc(F)cc2F)c1. The molecule has 2 aromatic rings. The summed E-state index contributed by atoms with van der Waals surface area (Å²) in [7, 11) is 1.87. The molecule has 0 aliphatic rings. The highest BCUT2D eigenvalue weighted by molar-refractivity contribution is 5.65. The Hall–Kier alpha value is -1.74. The highest BCUT2D eigenvalue weighted by Gasteiger charge is 2.08. The summed E-state index contributed by atoms with van der Waals surface area (Å²) >= 11 is 0. The molecule has 1 unspecified atom stereocenters. The van der Waals surface area contributed by atoms with Crippen molar-refractivity contribution in [3.63, 3.8) is 0 Å². The number of rotatable bonds is 3. The highest BCUT2D eigenvalue weighted by Crippen LogP contribution is 2.26. The Kier molecular flexibility index (Phi) is 3.72. The van der Waals surface area contributed by atoms with E-state index in [-0.39, 0.29) is 6.04 Å². The topological polar surface area (TPSA) is 12.0 Å². The van der Waals surface area contributed by atoms with Gasteiger partial charge in [0.1, 0.15) is 11.6 Å². The predicted octanol–water partition coefficient (Wildman–Crippen LogP) is 3.91. The number of benzene rings is 2. The largest absolute Gasteiger partial charge is 0.313 e. The van der Waals surface area contributed by atoms with E-state index in [1.165, 1.54) is 12.1 Å². The Morgan fingerprint density at radius 3 is 2.50 bits per heavy atom. The molecule has 3 heteroatoms. The second kappa shape index (κ2) is 5.27. The summed E-state index contributed by atoms with van der Waals surface area (Å²) in [5.41, 5.74) is 2.24. The molecule has 0 aliphatic heterocycles. The van der Waals surface area contributed by atoms with E-state index in [9.17, 15) is 8.78 Å². The molecule has 0 aromatic heterocycles. The molecule has 0 bridgehead atoms. The lowest BCUT2D eigenvalue weighted by Crippen LogP contribution is -2.12. The summed E-state index contributed by atoms with van der Waals surface area (Å²) in [6, 6.07) is 11.4. The smallest absolute Gasteiger partial charge is 0.133 e. The standard InChI is InChI=1S/C15H15F2N/c1-10(18-2)11-4-3-5-12(8-11)14-7-6-13(16)9-15(14)17/h3-10,18H,1-2H3. The summed E-state index contributed by atoms with van der Waals surface area (Å²) in [5.74, 6) is -1.10. The van der Waals surface area contributed by atoms with Gasteiger partial charge in [-0.25, -0.2) is 8.78 Å². The zero-order valence-electron chi connectivity index (χ0n) is 10.4. The van der Waals surface area contributed by atoms with Crippen LogP contribution >= 0.6 is 0 Å². The molecule has 0 saturated carbocycles. The number of hydrogen-bond acceptors (Lipinski definition) is 1. The molecule has 2 aromatic carbocycles. The second-order valence-electron chi connectivity index (χ2n) is 4.26. The fourth-order valence-corrected chi connectivity index (χ4v) is 1.87. The van der Waals surface area contributed by atoms with Crippen LogP contribution < -0.4 is 5.32 Å². The van der Waals surface area contributed by atoms with Gasteiger partial charge in [-0.2, -0.15) is 0 Å². The molecule has 0 radical (unpaired) electrons. The average molecular weight is 247 g/mol. The van der Waals surface area contributed by atoms with Crippen LogP contribution in [0.3, 0.4) is 0 Å². The van der Waals surface area contributed by atoms with Crippen LogP contribution in [0.25, 0.3) is 11.1 Å². The van der Waals surface area contributed by atoms with Crippen molar-refractivity contribution in [3.8, 4) is 11.1 Å². The zero-order chi connectivity index (χ0) is 13.1. The van der Waals surface area contributed by atoms with E-state index >= 15 is 0 Å². The zero-order valence-corrected chi connectivity index (χ0v) is 10.4. The van der Waals surface area contributed by atoms with Gasteiger partial charge in [0.05, 0.1) is 0 Å². The van der Waals surface area contributed by atoms with E-state index < -0.39 is 11.6 Å². The molecule has 1 nitrogen and oxygen atoms in total. The van der Waals surface area contributed by atoms with Gasteiger partial charge in [0.2, 0.25) is 0 Å². The quantitative estimate of drug-likeness (QED) is 0.867. The molecular weight excluding hydrogens is 232 g/mol. The first-order valence-electron chi connectivity index (χ1n) is 5.84. The Balaban J connectivity index is 2.44. The lowest BCUT2D eigenvalue weighted by molar-refractivity contribution is 0.585. The van der Waals surface area contributed by atoms with Gasteiger partial charge in [0.15, 0.2) is 0 Å². The van der Waals surface area contributed by atoms with Crippen LogP contribution in [0.4, 0.5) is 8.78 Å². The third kappa shape index (κ3) is 2.57. The van der Waals surface area contributed by atoms with Crippen molar-refractivity contribution in [2.45, 2.75) is 13.0 Å². The summed E-state index contributed by atoms with van der Waals surface area (Å²) in [6.45, 7) is 2.03. The molecular formula is C15H15F2N. The van der Waals surface area contributed by atoms with Crippen LogP contribution in [0.1, 0.15) is 18.5 Å². The van der Waals surface area contributed by atoms with Crippen molar-refractivity contribution < 1.29 is 8.78 Å². The lowest BCUT2D eigenvalue weighted by atomic mass is 10.00. The molecule has 0 aliphatic carbocycles. The summed E-state index contributed by atoms with van der Waals surface area (Å²) in [4.78, 5) is 0. The van der Waals surface area contributed by atoms with Crippen LogP contribution in [0, 0.1) is 11.6 Å². The minimum absolute atomic E-state index is 0.188. The van der Waals surface area contributed by atoms with Gasteiger partial charge in [0, 0.05) is 17.7 Å². The number of hydrogen-bond donors (Lipinski definition) is 1. The molecule has 0 saturated heterocycles. The van der Waals surface area contributed by atoms with Crippen molar-refractivity contribution in [1.82, 2.24) is 5.32 Å². The summed E-state index contributed by atoms with van der Waals surface area (Å²) < 4.78 is 26.6. The maximum Gasteiger partial charge on any atom is 0.133 e.